The number of pyridine rings is 1. The molecule has 0 bridgehead atoms. The maximum absolute atomic E-state index is 11.8. The van der Waals surface area contributed by atoms with Gasteiger partial charge in [-0.15, -0.1) is 24.0 Å². The van der Waals surface area contributed by atoms with Gasteiger partial charge in [0.1, 0.15) is 5.82 Å². The average Bonchev–Trinajstić information content (AvgIpc) is 2.74. The molecular formula is C21H35IN6O2. The van der Waals surface area contributed by atoms with Crippen LogP contribution in [0.5, 0.6) is 0 Å². The van der Waals surface area contributed by atoms with Gasteiger partial charge in [0.15, 0.2) is 5.96 Å². The Balaban J connectivity index is 0.00000320. The number of aromatic nitrogens is 1. The first-order valence-corrected chi connectivity index (χ1v) is 10.7. The van der Waals surface area contributed by atoms with Crippen LogP contribution in [0.3, 0.4) is 0 Å². The van der Waals surface area contributed by atoms with Gasteiger partial charge in [-0.2, -0.15) is 0 Å². The maximum Gasteiger partial charge on any atom is 0.409 e. The number of hydrogen-bond acceptors (Lipinski definition) is 5. The molecule has 30 heavy (non-hydrogen) atoms. The maximum atomic E-state index is 11.8. The number of rotatable bonds is 5. The number of aliphatic imine (C=N–C) groups is 1. The van der Waals surface area contributed by atoms with E-state index in [0.717, 1.165) is 43.2 Å². The van der Waals surface area contributed by atoms with Crippen LogP contribution in [0.25, 0.3) is 0 Å². The van der Waals surface area contributed by atoms with Gasteiger partial charge in [-0.1, -0.05) is 13.0 Å². The number of hydrogen-bond donors (Lipinski definition) is 2. The number of carbonyl (C=O) groups excluding carboxylic acids is 1. The topological polar surface area (TPSA) is 96.1 Å². The van der Waals surface area contributed by atoms with E-state index in [2.05, 4.69) is 39.2 Å². The molecule has 1 aromatic heterocycles. The third-order valence-corrected chi connectivity index (χ3v) is 5.72. The van der Waals surface area contributed by atoms with E-state index in [1.54, 1.807) is 4.90 Å². The van der Waals surface area contributed by atoms with Crippen molar-refractivity contribution < 1.29 is 9.53 Å². The standard InChI is InChI=1S/C21H34N6O2.HI/c1-3-29-21(28)27-12-8-18(9-13-27)25-20(22)24-15-17-4-5-19(23-14-17)26-10-6-16(2)7-11-26;/h4-5,14,16,18H,3,6-13,15H2,1-2H3,(H3,22,24,25);1H. The van der Waals surface area contributed by atoms with Gasteiger partial charge in [0.2, 0.25) is 0 Å². The summed E-state index contributed by atoms with van der Waals surface area (Å²) in [6.07, 6.45) is 5.78. The minimum absolute atomic E-state index is 0. The van der Waals surface area contributed by atoms with Crippen LogP contribution in [-0.4, -0.2) is 60.8 Å². The van der Waals surface area contributed by atoms with E-state index >= 15 is 0 Å². The minimum Gasteiger partial charge on any atom is -0.450 e. The van der Waals surface area contributed by atoms with E-state index in [1.807, 2.05) is 13.1 Å². The van der Waals surface area contributed by atoms with Crippen molar-refractivity contribution in [3.8, 4) is 0 Å². The number of piperidine rings is 2. The Morgan fingerprint density at radius 2 is 1.93 bits per heavy atom. The Morgan fingerprint density at radius 1 is 1.23 bits per heavy atom. The number of anilines is 1. The average molecular weight is 530 g/mol. The van der Waals surface area contributed by atoms with Crippen LogP contribution in [0.1, 0.15) is 45.1 Å². The monoisotopic (exact) mass is 530 g/mol. The Bertz CT molecular complexity index is 683. The van der Waals surface area contributed by atoms with E-state index < -0.39 is 0 Å². The molecule has 9 heteroatoms. The van der Waals surface area contributed by atoms with Crippen LogP contribution >= 0.6 is 24.0 Å². The fourth-order valence-corrected chi connectivity index (χ4v) is 3.79. The third kappa shape index (κ3) is 7.17. The predicted octanol–water partition coefficient (Wildman–Crippen LogP) is 2.96. The molecule has 3 rings (SSSR count). The lowest BCUT2D eigenvalue weighted by atomic mass is 9.99. The highest BCUT2D eigenvalue weighted by molar-refractivity contribution is 14.0. The molecule has 1 aromatic rings. The molecule has 168 valence electrons. The molecule has 1 amide bonds. The second-order valence-corrected chi connectivity index (χ2v) is 8.00. The van der Waals surface area contributed by atoms with E-state index in [0.29, 0.717) is 32.2 Å². The zero-order valence-electron chi connectivity index (χ0n) is 18.0. The number of amides is 1. The summed E-state index contributed by atoms with van der Waals surface area (Å²) >= 11 is 0. The van der Waals surface area contributed by atoms with Gasteiger partial charge in [-0.3, -0.25) is 0 Å². The summed E-state index contributed by atoms with van der Waals surface area (Å²) in [6.45, 7) is 8.55. The van der Waals surface area contributed by atoms with Crippen LogP contribution in [-0.2, 0) is 11.3 Å². The van der Waals surface area contributed by atoms with Gasteiger partial charge in [0.05, 0.1) is 13.2 Å². The van der Waals surface area contributed by atoms with E-state index in [-0.39, 0.29) is 36.1 Å². The zero-order chi connectivity index (χ0) is 20.6. The van der Waals surface area contributed by atoms with Crippen molar-refractivity contribution >= 4 is 41.8 Å². The molecule has 0 spiro atoms. The fourth-order valence-electron chi connectivity index (χ4n) is 3.79. The number of guanidine groups is 1. The number of likely N-dealkylation sites (tertiary alicyclic amines) is 1. The Morgan fingerprint density at radius 3 is 2.53 bits per heavy atom. The van der Waals surface area contributed by atoms with Crippen LogP contribution < -0.4 is 16.0 Å². The summed E-state index contributed by atoms with van der Waals surface area (Å²) in [5.74, 6) is 2.30. The van der Waals surface area contributed by atoms with Gasteiger partial charge in [0, 0.05) is 38.4 Å². The van der Waals surface area contributed by atoms with E-state index in [4.69, 9.17) is 10.5 Å². The third-order valence-electron chi connectivity index (χ3n) is 5.72. The van der Waals surface area contributed by atoms with Gasteiger partial charge in [0.25, 0.3) is 0 Å². The molecule has 8 nitrogen and oxygen atoms in total. The molecular weight excluding hydrogens is 495 g/mol. The number of ether oxygens (including phenoxy) is 1. The highest BCUT2D eigenvalue weighted by Crippen LogP contribution is 2.21. The highest BCUT2D eigenvalue weighted by Gasteiger charge is 2.23. The summed E-state index contributed by atoms with van der Waals surface area (Å²) in [5.41, 5.74) is 7.10. The minimum atomic E-state index is -0.234. The Kier molecular flexibility index (Phi) is 9.93. The molecule has 0 saturated carbocycles. The second kappa shape index (κ2) is 12.2. The molecule has 0 atom stereocenters. The van der Waals surface area contributed by atoms with Crippen molar-refractivity contribution in [3.63, 3.8) is 0 Å². The second-order valence-electron chi connectivity index (χ2n) is 8.00. The van der Waals surface area contributed by atoms with E-state index in [9.17, 15) is 4.79 Å². The molecule has 0 unspecified atom stereocenters. The van der Waals surface area contributed by atoms with Crippen LogP contribution in [0, 0.1) is 5.92 Å². The van der Waals surface area contributed by atoms with Crippen molar-refractivity contribution in [3.05, 3.63) is 23.9 Å². The zero-order valence-corrected chi connectivity index (χ0v) is 20.4. The van der Waals surface area contributed by atoms with E-state index in [1.165, 1.54) is 12.8 Å². The van der Waals surface area contributed by atoms with Crippen molar-refractivity contribution in [2.45, 2.75) is 52.1 Å². The largest absolute Gasteiger partial charge is 0.450 e. The molecule has 2 aliphatic rings. The van der Waals surface area contributed by atoms with Gasteiger partial charge in [-0.05, 0) is 50.2 Å². The van der Waals surface area contributed by atoms with Crippen molar-refractivity contribution in [2.24, 2.45) is 16.6 Å². The highest BCUT2D eigenvalue weighted by atomic mass is 127. The summed E-state index contributed by atoms with van der Waals surface area (Å²) in [5, 5.41) is 3.27. The Hall–Kier alpha value is -1.78. The molecule has 2 aliphatic heterocycles. The van der Waals surface area contributed by atoms with Crippen LogP contribution in [0.15, 0.2) is 23.3 Å². The van der Waals surface area contributed by atoms with Gasteiger partial charge < -0.3 is 25.6 Å². The summed E-state index contributed by atoms with van der Waals surface area (Å²) < 4.78 is 5.05. The first kappa shape index (κ1) is 24.5. The molecule has 2 fully saturated rings. The molecule has 0 aliphatic carbocycles. The molecule has 2 saturated heterocycles. The first-order chi connectivity index (χ1) is 14.0. The van der Waals surface area contributed by atoms with Gasteiger partial charge >= 0.3 is 6.09 Å². The lowest BCUT2D eigenvalue weighted by molar-refractivity contribution is 0.0963. The SMILES string of the molecule is CCOC(=O)N1CCC(NC(N)=NCc2ccc(N3CCC(C)CC3)nc2)CC1.I. The summed E-state index contributed by atoms with van der Waals surface area (Å²) in [6, 6.07) is 4.39. The molecule has 3 heterocycles. The quantitative estimate of drug-likeness (QED) is 0.346. The lowest BCUT2D eigenvalue weighted by Gasteiger charge is -2.31. The summed E-state index contributed by atoms with van der Waals surface area (Å²) in [4.78, 5) is 24.9. The van der Waals surface area contributed by atoms with Crippen molar-refractivity contribution in [2.75, 3.05) is 37.7 Å². The molecule has 3 N–H and O–H groups in total. The number of carbonyl (C=O) groups is 1. The van der Waals surface area contributed by atoms with Crippen LogP contribution in [0.2, 0.25) is 0 Å². The van der Waals surface area contributed by atoms with Crippen LogP contribution in [0.4, 0.5) is 10.6 Å². The van der Waals surface area contributed by atoms with Gasteiger partial charge in [-0.25, -0.2) is 14.8 Å². The number of nitrogens with two attached hydrogens (primary N) is 1. The first-order valence-electron chi connectivity index (χ1n) is 10.7. The predicted molar refractivity (Wildman–Crippen MR) is 130 cm³/mol. The number of nitrogens with zero attached hydrogens (tertiary/aromatic N) is 4. The Labute approximate surface area is 196 Å². The van der Waals surface area contributed by atoms with Crippen molar-refractivity contribution in [1.29, 1.82) is 0 Å². The van der Waals surface area contributed by atoms with Crippen molar-refractivity contribution in [1.82, 2.24) is 15.2 Å². The molecule has 0 radical (unpaired) electrons. The lowest BCUT2D eigenvalue weighted by Crippen LogP contribution is -2.48. The fraction of sp³-hybridized carbons (Fsp3) is 0.667. The molecule has 0 aromatic carbocycles. The number of halogens is 1. The smallest absolute Gasteiger partial charge is 0.409 e. The normalized spacial score (nSPS) is 18.7. The number of nitrogens with one attached hydrogen (secondary N) is 1. The summed E-state index contributed by atoms with van der Waals surface area (Å²) in [7, 11) is 0.